The van der Waals surface area contributed by atoms with Gasteiger partial charge in [0.2, 0.25) is 0 Å². The fraction of sp³-hybridized carbons (Fsp3) is 0.235. The molecule has 0 aliphatic rings. The van der Waals surface area contributed by atoms with E-state index in [1.807, 2.05) is 12.1 Å². The van der Waals surface area contributed by atoms with E-state index in [9.17, 15) is 9.00 Å². The van der Waals surface area contributed by atoms with Crippen molar-refractivity contribution in [3.8, 4) is 0 Å². The largest absolute Gasteiger partial charge is 0.337 e. The quantitative estimate of drug-likeness (QED) is 0.793. The van der Waals surface area contributed by atoms with Gasteiger partial charge in [0, 0.05) is 42.0 Å². The molecule has 1 atom stereocenters. The molecule has 0 saturated carbocycles. The molecule has 0 aromatic heterocycles. The van der Waals surface area contributed by atoms with Crippen molar-refractivity contribution >= 4 is 39.9 Å². The van der Waals surface area contributed by atoms with E-state index in [2.05, 4.69) is 0 Å². The fourth-order valence-electron chi connectivity index (χ4n) is 2.25. The van der Waals surface area contributed by atoms with E-state index < -0.39 is 10.8 Å². The summed E-state index contributed by atoms with van der Waals surface area (Å²) < 4.78 is 11.3. The van der Waals surface area contributed by atoms with Crippen LogP contribution in [0, 0.1) is 0 Å². The number of hydrogen-bond donors (Lipinski definition) is 0. The predicted octanol–water partition coefficient (Wildman–Crippen LogP) is 4.14. The summed E-state index contributed by atoms with van der Waals surface area (Å²) in [7, 11) is 0.770. The van der Waals surface area contributed by atoms with Crippen LogP contribution < -0.4 is 0 Å². The summed E-state index contributed by atoms with van der Waals surface area (Å²) >= 11 is 12.2. The Labute approximate surface area is 148 Å². The number of hydrogen-bond acceptors (Lipinski definition) is 2. The zero-order chi connectivity index (χ0) is 17.0. The third kappa shape index (κ3) is 4.80. The maximum Gasteiger partial charge on any atom is 0.253 e. The highest BCUT2D eigenvalue weighted by atomic mass is 35.5. The van der Waals surface area contributed by atoms with Crippen molar-refractivity contribution in [2.24, 2.45) is 0 Å². The van der Waals surface area contributed by atoms with E-state index in [-0.39, 0.29) is 5.91 Å². The second kappa shape index (κ2) is 7.95. The smallest absolute Gasteiger partial charge is 0.253 e. The minimum absolute atomic E-state index is 0.121. The normalized spacial score (nSPS) is 12.0. The van der Waals surface area contributed by atoms with Gasteiger partial charge < -0.3 is 4.90 Å². The summed E-state index contributed by atoms with van der Waals surface area (Å²) in [4.78, 5) is 14.1. The first kappa shape index (κ1) is 18.0. The van der Waals surface area contributed by atoms with Crippen molar-refractivity contribution in [2.45, 2.75) is 12.3 Å². The second-order valence-corrected chi connectivity index (χ2v) is 7.51. The molecule has 2 rings (SSSR count). The van der Waals surface area contributed by atoms with Gasteiger partial charge in [-0.1, -0.05) is 47.5 Å². The van der Waals surface area contributed by atoms with E-state index in [1.54, 1.807) is 48.5 Å². The lowest BCUT2D eigenvalue weighted by Gasteiger charge is -2.19. The van der Waals surface area contributed by atoms with Crippen LogP contribution in [0.4, 0.5) is 0 Å². The minimum atomic E-state index is -0.943. The highest BCUT2D eigenvalue weighted by Crippen LogP contribution is 2.26. The molecule has 122 valence electrons. The molecule has 0 saturated heterocycles. The molecule has 6 heteroatoms. The SMILES string of the molecule is CN(Cc1cccc(Cl)c1Cl)C(=O)c1cccc(CS(C)=O)c1. The van der Waals surface area contributed by atoms with Crippen LogP contribution in [0.2, 0.25) is 10.0 Å². The van der Waals surface area contributed by atoms with E-state index in [4.69, 9.17) is 23.2 Å². The number of benzene rings is 2. The van der Waals surface area contributed by atoms with Crippen LogP contribution in [0.5, 0.6) is 0 Å². The Kier molecular flexibility index (Phi) is 6.22. The predicted molar refractivity (Wildman–Crippen MR) is 96.5 cm³/mol. The molecule has 0 N–H and O–H groups in total. The molecular weight excluding hydrogens is 353 g/mol. The van der Waals surface area contributed by atoms with Gasteiger partial charge in [-0.25, -0.2) is 0 Å². The monoisotopic (exact) mass is 369 g/mol. The molecule has 0 aliphatic carbocycles. The maximum atomic E-state index is 12.6. The van der Waals surface area contributed by atoms with Gasteiger partial charge in [-0.2, -0.15) is 0 Å². The Morgan fingerprint density at radius 1 is 1.17 bits per heavy atom. The standard InChI is InChI=1S/C17H17Cl2NO2S/c1-20(10-14-7-4-8-15(18)16(14)19)17(21)13-6-3-5-12(9-13)11-23(2)22/h3-9H,10-11H2,1-2H3. The molecule has 2 aromatic rings. The fourth-order valence-corrected chi connectivity index (χ4v) is 3.28. The third-order valence-electron chi connectivity index (χ3n) is 3.33. The first-order valence-corrected chi connectivity index (χ1v) is 9.44. The summed E-state index contributed by atoms with van der Waals surface area (Å²) in [6, 6.07) is 12.6. The Bertz CT molecular complexity index is 749. The van der Waals surface area contributed by atoms with Crippen molar-refractivity contribution in [1.29, 1.82) is 0 Å². The molecule has 0 fully saturated rings. The molecule has 0 aliphatic heterocycles. The zero-order valence-corrected chi connectivity index (χ0v) is 15.2. The molecule has 3 nitrogen and oxygen atoms in total. The van der Waals surface area contributed by atoms with Crippen LogP contribution in [0.15, 0.2) is 42.5 Å². The van der Waals surface area contributed by atoms with Crippen LogP contribution in [0.1, 0.15) is 21.5 Å². The zero-order valence-electron chi connectivity index (χ0n) is 12.9. The van der Waals surface area contributed by atoms with E-state index in [0.29, 0.717) is 27.9 Å². The van der Waals surface area contributed by atoms with Crippen molar-refractivity contribution in [3.05, 3.63) is 69.2 Å². The highest BCUT2D eigenvalue weighted by molar-refractivity contribution is 7.83. The Morgan fingerprint density at radius 3 is 2.57 bits per heavy atom. The lowest BCUT2D eigenvalue weighted by Crippen LogP contribution is -2.26. The Hall–Kier alpha value is -1.36. The molecule has 0 spiro atoms. The summed E-state index contributed by atoms with van der Waals surface area (Å²) in [5.41, 5.74) is 2.24. The lowest BCUT2D eigenvalue weighted by molar-refractivity contribution is 0.0785. The number of nitrogens with zero attached hydrogens (tertiary/aromatic N) is 1. The molecule has 2 aromatic carbocycles. The molecule has 1 unspecified atom stereocenters. The average Bonchev–Trinajstić information content (AvgIpc) is 2.50. The first-order valence-electron chi connectivity index (χ1n) is 6.96. The molecule has 23 heavy (non-hydrogen) atoms. The van der Waals surface area contributed by atoms with Crippen molar-refractivity contribution < 1.29 is 9.00 Å². The van der Waals surface area contributed by atoms with E-state index in [0.717, 1.165) is 11.1 Å². The maximum absolute atomic E-state index is 12.6. The van der Waals surface area contributed by atoms with Gasteiger partial charge in [0.15, 0.2) is 0 Å². The number of carbonyl (C=O) groups is 1. The number of carbonyl (C=O) groups excluding carboxylic acids is 1. The topological polar surface area (TPSA) is 37.4 Å². The van der Waals surface area contributed by atoms with Gasteiger partial charge in [0.05, 0.1) is 10.0 Å². The molecule has 0 bridgehead atoms. The van der Waals surface area contributed by atoms with Gasteiger partial charge in [-0.15, -0.1) is 0 Å². The molecule has 0 heterocycles. The molecule has 0 radical (unpaired) electrons. The van der Waals surface area contributed by atoms with Crippen molar-refractivity contribution in [3.63, 3.8) is 0 Å². The van der Waals surface area contributed by atoms with Gasteiger partial charge in [-0.05, 0) is 29.3 Å². The van der Waals surface area contributed by atoms with Gasteiger partial charge in [0.1, 0.15) is 0 Å². The van der Waals surface area contributed by atoms with Crippen LogP contribution in [-0.4, -0.2) is 28.3 Å². The Morgan fingerprint density at radius 2 is 1.87 bits per heavy atom. The highest BCUT2D eigenvalue weighted by Gasteiger charge is 2.15. The van der Waals surface area contributed by atoms with Crippen molar-refractivity contribution in [1.82, 2.24) is 4.90 Å². The van der Waals surface area contributed by atoms with Gasteiger partial charge in [0.25, 0.3) is 5.91 Å². The van der Waals surface area contributed by atoms with Gasteiger partial charge in [-0.3, -0.25) is 9.00 Å². The number of amides is 1. The van der Waals surface area contributed by atoms with Crippen LogP contribution in [0.25, 0.3) is 0 Å². The summed E-state index contributed by atoms with van der Waals surface area (Å²) in [6.45, 7) is 0.363. The van der Waals surface area contributed by atoms with E-state index in [1.165, 1.54) is 0 Å². The second-order valence-electron chi connectivity index (χ2n) is 5.29. The minimum Gasteiger partial charge on any atom is -0.337 e. The lowest BCUT2D eigenvalue weighted by atomic mass is 10.1. The summed E-state index contributed by atoms with van der Waals surface area (Å²) in [5, 5.41) is 0.932. The van der Waals surface area contributed by atoms with Gasteiger partial charge >= 0.3 is 0 Å². The molecular formula is C17H17Cl2NO2S. The first-order chi connectivity index (χ1) is 10.9. The third-order valence-corrected chi connectivity index (χ3v) is 4.93. The Balaban J connectivity index is 2.16. The van der Waals surface area contributed by atoms with Crippen molar-refractivity contribution in [2.75, 3.05) is 13.3 Å². The summed E-state index contributed by atoms with van der Waals surface area (Å²) in [6.07, 6.45) is 1.64. The van der Waals surface area contributed by atoms with Crippen LogP contribution in [0.3, 0.4) is 0 Å². The van der Waals surface area contributed by atoms with Crippen LogP contribution in [-0.2, 0) is 23.1 Å². The van der Waals surface area contributed by atoms with E-state index >= 15 is 0 Å². The van der Waals surface area contributed by atoms with Crippen LogP contribution >= 0.6 is 23.2 Å². The molecule has 1 amide bonds. The number of rotatable bonds is 5. The summed E-state index contributed by atoms with van der Waals surface area (Å²) in [5.74, 6) is 0.315. The average molecular weight is 370 g/mol. The number of halogens is 2.